The van der Waals surface area contributed by atoms with E-state index in [0.717, 1.165) is 28.3 Å². The van der Waals surface area contributed by atoms with Crippen molar-refractivity contribution >= 4 is 22.6 Å². The molecule has 2 aromatic carbocycles. The third-order valence-electron chi connectivity index (χ3n) is 3.47. The van der Waals surface area contributed by atoms with Crippen molar-refractivity contribution in [3.05, 3.63) is 64.9 Å². The zero-order valence-electron chi connectivity index (χ0n) is 11.0. The Labute approximate surface area is 122 Å². The molecule has 102 valence electrons. The molecule has 0 bridgehead atoms. The first kappa shape index (κ1) is 13.2. The molecule has 0 saturated carbocycles. The highest BCUT2D eigenvalue weighted by atomic mass is 35.5. The van der Waals surface area contributed by atoms with E-state index in [9.17, 15) is 0 Å². The van der Waals surface area contributed by atoms with Crippen LogP contribution in [0.3, 0.4) is 0 Å². The Kier molecular flexibility index (Phi) is 3.72. The third kappa shape index (κ3) is 2.69. The van der Waals surface area contributed by atoms with Gasteiger partial charge in [0, 0.05) is 17.5 Å². The lowest BCUT2D eigenvalue weighted by Gasteiger charge is -2.12. The highest BCUT2D eigenvalue weighted by Gasteiger charge is 2.15. The second-order valence-electron chi connectivity index (χ2n) is 4.90. The minimum absolute atomic E-state index is 0.184. The number of H-pyrrole nitrogens is 1. The van der Waals surface area contributed by atoms with Crippen molar-refractivity contribution in [1.29, 1.82) is 0 Å². The molecule has 20 heavy (non-hydrogen) atoms. The smallest absolute Gasteiger partial charge is 0.111 e. The van der Waals surface area contributed by atoms with Gasteiger partial charge < -0.3 is 10.7 Å². The van der Waals surface area contributed by atoms with Crippen LogP contribution in [0.1, 0.15) is 17.3 Å². The summed E-state index contributed by atoms with van der Waals surface area (Å²) < 4.78 is 0. The van der Waals surface area contributed by atoms with Gasteiger partial charge in [-0.2, -0.15) is 0 Å². The number of hydrogen-bond acceptors (Lipinski definition) is 2. The fourth-order valence-electron chi connectivity index (χ4n) is 2.36. The van der Waals surface area contributed by atoms with Crippen molar-refractivity contribution in [3.63, 3.8) is 0 Å². The molecule has 0 amide bonds. The Balaban J connectivity index is 1.87. The monoisotopic (exact) mass is 285 g/mol. The van der Waals surface area contributed by atoms with Crippen molar-refractivity contribution in [2.45, 2.75) is 12.3 Å². The first-order chi connectivity index (χ1) is 9.76. The van der Waals surface area contributed by atoms with Crippen LogP contribution >= 0.6 is 11.6 Å². The molecular formula is C16H16ClN3. The van der Waals surface area contributed by atoms with E-state index in [1.807, 2.05) is 48.5 Å². The van der Waals surface area contributed by atoms with Gasteiger partial charge in [0.05, 0.1) is 11.0 Å². The lowest BCUT2D eigenvalue weighted by molar-refractivity contribution is 0.658. The van der Waals surface area contributed by atoms with E-state index in [4.69, 9.17) is 17.3 Å². The van der Waals surface area contributed by atoms with Crippen LogP contribution in [0, 0.1) is 0 Å². The Bertz CT molecular complexity index is 670. The van der Waals surface area contributed by atoms with E-state index in [2.05, 4.69) is 9.97 Å². The standard InChI is InChI=1S/C16H16ClN3/c17-13-7-5-11(6-8-13)9-12(10-18)16-19-14-3-1-2-4-15(14)20-16/h1-8,12H,9-10,18H2,(H,19,20). The topological polar surface area (TPSA) is 54.7 Å². The highest BCUT2D eigenvalue weighted by Crippen LogP contribution is 2.21. The summed E-state index contributed by atoms with van der Waals surface area (Å²) >= 11 is 5.91. The van der Waals surface area contributed by atoms with E-state index in [1.54, 1.807) is 0 Å². The number of hydrogen-bond donors (Lipinski definition) is 2. The first-order valence-corrected chi connectivity index (χ1v) is 7.03. The van der Waals surface area contributed by atoms with Crippen molar-refractivity contribution in [1.82, 2.24) is 9.97 Å². The summed E-state index contributed by atoms with van der Waals surface area (Å²) in [7, 11) is 0. The van der Waals surface area contributed by atoms with Gasteiger partial charge in [0.2, 0.25) is 0 Å². The number of nitrogens with zero attached hydrogens (tertiary/aromatic N) is 1. The number of nitrogens with one attached hydrogen (secondary N) is 1. The number of rotatable bonds is 4. The molecule has 1 heterocycles. The molecule has 1 atom stereocenters. The van der Waals surface area contributed by atoms with Gasteiger partial charge in [0.1, 0.15) is 5.82 Å². The van der Waals surface area contributed by atoms with Crippen LogP contribution in [-0.4, -0.2) is 16.5 Å². The van der Waals surface area contributed by atoms with Crippen LogP contribution in [0.15, 0.2) is 48.5 Å². The number of aromatic amines is 1. The number of benzene rings is 2. The zero-order chi connectivity index (χ0) is 13.9. The van der Waals surface area contributed by atoms with Gasteiger partial charge in [0.15, 0.2) is 0 Å². The van der Waals surface area contributed by atoms with Gasteiger partial charge in [-0.15, -0.1) is 0 Å². The van der Waals surface area contributed by atoms with Crippen LogP contribution < -0.4 is 5.73 Å². The molecule has 3 rings (SSSR count). The van der Waals surface area contributed by atoms with Crippen LogP contribution in [0.2, 0.25) is 5.02 Å². The summed E-state index contributed by atoms with van der Waals surface area (Å²) in [5.41, 5.74) is 9.17. The molecule has 0 spiro atoms. The number of nitrogens with two attached hydrogens (primary N) is 1. The molecule has 0 radical (unpaired) electrons. The largest absolute Gasteiger partial charge is 0.342 e. The summed E-state index contributed by atoms with van der Waals surface area (Å²) in [5.74, 6) is 1.13. The van der Waals surface area contributed by atoms with E-state index in [1.165, 1.54) is 5.56 Å². The lowest BCUT2D eigenvalue weighted by Crippen LogP contribution is -2.16. The third-order valence-corrected chi connectivity index (χ3v) is 3.73. The van der Waals surface area contributed by atoms with Crippen LogP contribution in [-0.2, 0) is 6.42 Å². The molecule has 0 aliphatic carbocycles. The summed E-state index contributed by atoms with van der Waals surface area (Å²) in [6.45, 7) is 0.558. The maximum Gasteiger partial charge on any atom is 0.111 e. The number of halogens is 1. The Morgan fingerprint density at radius 2 is 1.85 bits per heavy atom. The van der Waals surface area contributed by atoms with Gasteiger partial charge in [-0.25, -0.2) is 4.98 Å². The molecule has 3 N–H and O–H groups in total. The Hall–Kier alpha value is -1.84. The fourth-order valence-corrected chi connectivity index (χ4v) is 2.49. The molecule has 4 heteroatoms. The fraction of sp³-hybridized carbons (Fsp3) is 0.188. The van der Waals surface area contributed by atoms with E-state index in [0.29, 0.717) is 6.54 Å². The number of imidazole rings is 1. The van der Waals surface area contributed by atoms with Gasteiger partial charge in [-0.3, -0.25) is 0 Å². The number of fused-ring (bicyclic) bond motifs is 1. The SMILES string of the molecule is NCC(Cc1ccc(Cl)cc1)c1nc2ccccc2[nH]1. The van der Waals surface area contributed by atoms with E-state index < -0.39 is 0 Å². The molecule has 0 fully saturated rings. The van der Waals surface area contributed by atoms with Crippen molar-refractivity contribution < 1.29 is 0 Å². The molecule has 1 aromatic heterocycles. The average molecular weight is 286 g/mol. The molecule has 0 aliphatic heterocycles. The second kappa shape index (κ2) is 5.65. The maximum atomic E-state index is 5.92. The van der Waals surface area contributed by atoms with Gasteiger partial charge >= 0.3 is 0 Å². The minimum atomic E-state index is 0.184. The van der Waals surface area contributed by atoms with E-state index in [-0.39, 0.29) is 5.92 Å². The minimum Gasteiger partial charge on any atom is -0.342 e. The Morgan fingerprint density at radius 1 is 1.10 bits per heavy atom. The number of aromatic nitrogens is 2. The van der Waals surface area contributed by atoms with Crippen LogP contribution in [0.25, 0.3) is 11.0 Å². The molecule has 3 aromatic rings. The quantitative estimate of drug-likeness (QED) is 0.771. The Morgan fingerprint density at radius 3 is 2.55 bits per heavy atom. The normalized spacial score (nSPS) is 12.7. The molecular weight excluding hydrogens is 270 g/mol. The molecule has 1 unspecified atom stereocenters. The predicted octanol–water partition coefficient (Wildman–Crippen LogP) is 3.50. The van der Waals surface area contributed by atoms with Gasteiger partial charge in [-0.1, -0.05) is 35.9 Å². The van der Waals surface area contributed by atoms with Crippen molar-refractivity contribution in [3.8, 4) is 0 Å². The first-order valence-electron chi connectivity index (χ1n) is 6.65. The average Bonchev–Trinajstić information content (AvgIpc) is 2.90. The predicted molar refractivity (Wildman–Crippen MR) is 83.0 cm³/mol. The molecule has 3 nitrogen and oxygen atoms in total. The van der Waals surface area contributed by atoms with Gasteiger partial charge in [0.25, 0.3) is 0 Å². The summed E-state index contributed by atoms with van der Waals surface area (Å²) in [5, 5.41) is 0.752. The van der Waals surface area contributed by atoms with Crippen LogP contribution in [0.5, 0.6) is 0 Å². The number of para-hydroxylation sites is 2. The lowest BCUT2D eigenvalue weighted by atomic mass is 9.99. The second-order valence-corrected chi connectivity index (χ2v) is 5.34. The van der Waals surface area contributed by atoms with Gasteiger partial charge in [-0.05, 0) is 36.2 Å². The zero-order valence-corrected chi connectivity index (χ0v) is 11.8. The molecule has 0 saturated heterocycles. The summed E-state index contributed by atoms with van der Waals surface area (Å²) in [6, 6.07) is 15.9. The van der Waals surface area contributed by atoms with Crippen LogP contribution in [0.4, 0.5) is 0 Å². The maximum absolute atomic E-state index is 5.92. The summed E-state index contributed by atoms with van der Waals surface area (Å²) in [4.78, 5) is 8.00. The molecule has 0 aliphatic rings. The van der Waals surface area contributed by atoms with E-state index >= 15 is 0 Å². The van der Waals surface area contributed by atoms with Crippen molar-refractivity contribution in [2.75, 3.05) is 6.54 Å². The highest BCUT2D eigenvalue weighted by molar-refractivity contribution is 6.30. The van der Waals surface area contributed by atoms with Crippen molar-refractivity contribution in [2.24, 2.45) is 5.73 Å². The summed E-state index contributed by atoms with van der Waals surface area (Å²) in [6.07, 6.45) is 0.855.